The summed E-state index contributed by atoms with van der Waals surface area (Å²) < 4.78 is 1.58. The lowest BCUT2D eigenvalue weighted by molar-refractivity contribution is 0.689. The highest BCUT2D eigenvalue weighted by molar-refractivity contribution is 5.77. The van der Waals surface area contributed by atoms with Crippen LogP contribution < -0.4 is 16.4 Å². The quantitative estimate of drug-likeness (QED) is 0.727. The Hall–Kier alpha value is -3.08. The summed E-state index contributed by atoms with van der Waals surface area (Å²) in [4.78, 5) is 21.4. The minimum atomic E-state index is -0.217. The molecule has 0 spiro atoms. The van der Waals surface area contributed by atoms with E-state index in [1.54, 1.807) is 35.0 Å². The Balaban J connectivity index is 1.96. The van der Waals surface area contributed by atoms with E-state index < -0.39 is 0 Å². The van der Waals surface area contributed by atoms with Crippen LogP contribution >= 0.6 is 0 Å². The molecule has 118 valence electrons. The molecule has 2 N–H and O–H groups in total. The van der Waals surface area contributed by atoms with Crippen LogP contribution in [0.3, 0.4) is 0 Å². The Morgan fingerprint density at radius 2 is 1.75 bits per heavy atom. The number of nitriles is 1. The third kappa shape index (κ3) is 2.34. The molecule has 0 radical (unpaired) electrons. The molecule has 0 aliphatic carbocycles. The third-order valence-electron chi connectivity index (χ3n) is 4.20. The standard InChI is InChI=1S/C17H14N6O/c18-7-11-1-3-13(4-2-11)23-10-14(12-8-21-22-9-12)15-16(17(23)24)20-6-5-19-15/h1-6,10,12,21-22H,8-9H2. The number of nitrogens with zero attached hydrogens (tertiary/aromatic N) is 4. The number of hydrogen-bond acceptors (Lipinski definition) is 6. The number of rotatable bonds is 2. The van der Waals surface area contributed by atoms with Gasteiger partial charge < -0.3 is 0 Å². The molecular formula is C17H14N6O. The van der Waals surface area contributed by atoms with Crippen LogP contribution in [-0.2, 0) is 0 Å². The lowest BCUT2D eigenvalue weighted by atomic mass is 10.0. The van der Waals surface area contributed by atoms with Gasteiger partial charge in [-0.15, -0.1) is 0 Å². The molecule has 3 heterocycles. The van der Waals surface area contributed by atoms with E-state index >= 15 is 0 Å². The minimum Gasteiger partial charge on any atom is -0.282 e. The lowest BCUT2D eigenvalue weighted by Gasteiger charge is -2.14. The summed E-state index contributed by atoms with van der Waals surface area (Å²) in [7, 11) is 0. The Morgan fingerprint density at radius 3 is 2.42 bits per heavy atom. The molecule has 1 saturated heterocycles. The lowest BCUT2D eigenvalue weighted by Crippen LogP contribution is -2.22. The molecule has 1 fully saturated rings. The van der Waals surface area contributed by atoms with Crippen LogP contribution in [0, 0.1) is 11.3 Å². The number of pyridine rings is 1. The first-order valence-electron chi connectivity index (χ1n) is 7.60. The number of nitrogens with one attached hydrogen (secondary N) is 2. The fraction of sp³-hybridized carbons (Fsp3) is 0.176. The largest absolute Gasteiger partial charge is 0.283 e. The molecule has 24 heavy (non-hydrogen) atoms. The molecule has 0 atom stereocenters. The maximum absolute atomic E-state index is 12.8. The van der Waals surface area contributed by atoms with Crippen LogP contribution in [0.1, 0.15) is 17.0 Å². The van der Waals surface area contributed by atoms with Crippen molar-refractivity contribution in [3.05, 3.63) is 64.3 Å². The Morgan fingerprint density at radius 1 is 1.08 bits per heavy atom. The Labute approximate surface area is 137 Å². The van der Waals surface area contributed by atoms with Gasteiger partial charge in [-0.05, 0) is 24.3 Å². The van der Waals surface area contributed by atoms with E-state index in [1.165, 1.54) is 6.20 Å². The molecule has 0 bridgehead atoms. The average molecular weight is 318 g/mol. The number of benzene rings is 1. The predicted molar refractivity (Wildman–Crippen MR) is 88.6 cm³/mol. The molecule has 4 rings (SSSR count). The smallest absolute Gasteiger partial charge is 0.282 e. The summed E-state index contributed by atoms with van der Waals surface area (Å²) in [6.45, 7) is 1.52. The van der Waals surface area contributed by atoms with Gasteiger partial charge in [0, 0.05) is 48.8 Å². The van der Waals surface area contributed by atoms with Gasteiger partial charge in [0.1, 0.15) is 0 Å². The highest BCUT2D eigenvalue weighted by Crippen LogP contribution is 2.23. The molecule has 3 aromatic rings. The van der Waals surface area contributed by atoms with Crippen LogP contribution in [0.2, 0.25) is 0 Å². The Kier molecular flexibility index (Phi) is 3.54. The summed E-state index contributed by atoms with van der Waals surface area (Å²) in [6.07, 6.45) is 4.97. The summed E-state index contributed by atoms with van der Waals surface area (Å²) >= 11 is 0. The molecule has 1 aliphatic rings. The fourth-order valence-corrected chi connectivity index (χ4v) is 2.95. The molecule has 1 aliphatic heterocycles. The van der Waals surface area contributed by atoms with Gasteiger partial charge in [-0.25, -0.2) is 4.98 Å². The monoisotopic (exact) mass is 318 g/mol. The maximum atomic E-state index is 12.8. The van der Waals surface area contributed by atoms with Gasteiger partial charge in [-0.2, -0.15) is 5.26 Å². The van der Waals surface area contributed by atoms with Crippen LogP contribution in [0.25, 0.3) is 16.7 Å². The minimum absolute atomic E-state index is 0.203. The third-order valence-corrected chi connectivity index (χ3v) is 4.20. The molecule has 1 aromatic carbocycles. The second kappa shape index (κ2) is 5.85. The molecule has 2 aromatic heterocycles. The first kappa shape index (κ1) is 14.5. The first-order valence-corrected chi connectivity index (χ1v) is 7.60. The maximum Gasteiger partial charge on any atom is 0.283 e. The topological polar surface area (TPSA) is 95.6 Å². The van der Waals surface area contributed by atoms with Gasteiger partial charge in [0.2, 0.25) is 0 Å². The number of hydrazine groups is 1. The molecule has 0 saturated carbocycles. The summed E-state index contributed by atoms with van der Waals surface area (Å²) in [5, 5.41) is 8.93. The van der Waals surface area contributed by atoms with E-state index in [9.17, 15) is 4.79 Å². The van der Waals surface area contributed by atoms with E-state index in [4.69, 9.17) is 5.26 Å². The van der Waals surface area contributed by atoms with Gasteiger partial charge in [-0.3, -0.25) is 25.2 Å². The van der Waals surface area contributed by atoms with Gasteiger partial charge in [0.15, 0.2) is 5.52 Å². The predicted octanol–water partition coefficient (Wildman–Crippen LogP) is 0.844. The second-order valence-corrected chi connectivity index (χ2v) is 5.63. The molecule has 7 nitrogen and oxygen atoms in total. The number of fused-ring (bicyclic) bond motifs is 1. The van der Waals surface area contributed by atoms with Gasteiger partial charge in [0.25, 0.3) is 5.56 Å². The second-order valence-electron chi connectivity index (χ2n) is 5.63. The highest BCUT2D eigenvalue weighted by Gasteiger charge is 2.22. The zero-order chi connectivity index (χ0) is 16.5. The van der Waals surface area contributed by atoms with Crippen molar-refractivity contribution in [2.24, 2.45) is 0 Å². The average Bonchev–Trinajstić information content (AvgIpc) is 3.17. The van der Waals surface area contributed by atoms with Crippen molar-refractivity contribution in [1.29, 1.82) is 5.26 Å². The van der Waals surface area contributed by atoms with Crippen LogP contribution in [0.4, 0.5) is 0 Å². The molecule has 0 amide bonds. The van der Waals surface area contributed by atoms with Crippen molar-refractivity contribution >= 4 is 11.0 Å². The van der Waals surface area contributed by atoms with Crippen molar-refractivity contribution in [2.45, 2.75) is 5.92 Å². The zero-order valence-electron chi connectivity index (χ0n) is 12.7. The number of hydrogen-bond donors (Lipinski definition) is 2. The Bertz CT molecular complexity index is 996. The molecule has 7 heteroatoms. The van der Waals surface area contributed by atoms with Crippen molar-refractivity contribution < 1.29 is 0 Å². The van der Waals surface area contributed by atoms with E-state index in [0.717, 1.165) is 18.7 Å². The van der Waals surface area contributed by atoms with Gasteiger partial charge in [0.05, 0.1) is 17.1 Å². The first-order chi connectivity index (χ1) is 11.8. The normalized spacial score (nSPS) is 14.8. The summed E-state index contributed by atoms with van der Waals surface area (Å²) in [6, 6.07) is 8.99. The van der Waals surface area contributed by atoms with E-state index in [0.29, 0.717) is 22.3 Å². The summed E-state index contributed by atoms with van der Waals surface area (Å²) in [5.74, 6) is 0.203. The van der Waals surface area contributed by atoms with Crippen LogP contribution in [0.5, 0.6) is 0 Å². The van der Waals surface area contributed by atoms with Crippen molar-refractivity contribution in [2.75, 3.05) is 13.1 Å². The molecular weight excluding hydrogens is 304 g/mol. The van der Waals surface area contributed by atoms with Crippen molar-refractivity contribution in [3.8, 4) is 11.8 Å². The van der Waals surface area contributed by atoms with E-state index in [2.05, 4.69) is 26.9 Å². The molecule has 0 unspecified atom stereocenters. The van der Waals surface area contributed by atoms with E-state index in [-0.39, 0.29) is 11.5 Å². The van der Waals surface area contributed by atoms with Gasteiger partial charge >= 0.3 is 0 Å². The zero-order valence-corrected chi connectivity index (χ0v) is 12.7. The van der Waals surface area contributed by atoms with Crippen LogP contribution in [0.15, 0.2) is 47.7 Å². The fourth-order valence-electron chi connectivity index (χ4n) is 2.95. The van der Waals surface area contributed by atoms with Gasteiger partial charge in [-0.1, -0.05) is 0 Å². The van der Waals surface area contributed by atoms with Crippen LogP contribution in [-0.4, -0.2) is 27.6 Å². The highest BCUT2D eigenvalue weighted by atomic mass is 16.1. The number of aromatic nitrogens is 3. The SMILES string of the molecule is N#Cc1ccc(-n2cc(C3CNNC3)c3nccnc3c2=O)cc1. The van der Waals surface area contributed by atoms with Crippen molar-refractivity contribution in [1.82, 2.24) is 25.4 Å². The summed E-state index contributed by atoms with van der Waals surface area (Å²) in [5.41, 5.74) is 9.21. The van der Waals surface area contributed by atoms with Crippen molar-refractivity contribution in [3.63, 3.8) is 0 Å². The van der Waals surface area contributed by atoms with E-state index in [1.807, 2.05) is 6.20 Å².